The molecule has 2 aliphatic carbocycles. The summed E-state index contributed by atoms with van der Waals surface area (Å²) < 4.78 is 0. The third-order valence-corrected chi connectivity index (χ3v) is 5.48. The van der Waals surface area contributed by atoms with E-state index in [-0.39, 0.29) is 23.8 Å². The van der Waals surface area contributed by atoms with Crippen LogP contribution < -0.4 is 5.32 Å². The van der Waals surface area contributed by atoms with Crippen LogP contribution in [0.1, 0.15) is 57.8 Å². The van der Waals surface area contributed by atoms with Crippen LogP contribution in [0.5, 0.6) is 0 Å². The van der Waals surface area contributed by atoms with Gasteiger partial charge in [0.25, 0.3) is 0 Å². The number of aliphatic carboxylic acids is 1. The zero-order chi connectivity index (χ0) is 16.4. The van der Waals surface area contributed by atoms with E-state index >= 15 is 0 Å². The maximum atomic E-state index is 12.6. The summed E-state index contributed by atoms with van der Waals surface area (Å²) in [5, 5.41) is 12.3. The topological polar surface area (TPSA) is 86.7 Å². The van der Waals surface area contributed by atoms with E-state index in [1.807, 2.05) is 0 Å². The van der Waals surface area contributed by atoms with Crippen molar-refractivity contribution in [1.29, 1.82) is 0 Å². The Morgan fingerprint density at radius 2 is 1.83 bits per heavy atom. The number of likely N-dealkylation sites (tertiary alicyclic amines) is 1. The molecule has 3 rings (SSSR count). The average molecular weight is 322 g/mol. The maximum absolute atomic E-state index is 12.6. The van der Waals surface area contributed by atoms with Gasteiger partial charge in [-0.15, -0.1) is 0 Å². The molecule has 128 valence electrons. The highest BCUT2D eigenvalue weighted by Gasteiger charge is 2.47. The number of carboxylic acid groups (broad SMARTS) is 1. The minimum absolute atomic E-state index is 0.0625. The zero-order valence-corrected chi connectivity index (χ0v) is 13.5. The number of carbonyl (C=O) groups is 3. The fourth-order valence-corrected chi connectivity index (χ4v) is 4.11. The third kappa shape index (κ3) is 3.67. The molecule has 6 nitrogen and oxygen atoms in total. The molecule has 0 aromatic heterocycles. The molecule has 0 spiro atoms. The van der Waals surface area contributed by atoms with Crippen LogP contribution in [0.2, 0.25) is 0 Å². The van der Waals surface area contributed by atoms with Crippen molar-refractivity contribution in [3.8, 4) is 0 Å². The van der Waals surface area contributed by atoms with Gasteiger partial charge in [0.1, 0.15) is 6.04 Å². The molecule has 6 heteroatoms. The largest absolute Gasteiger partial charge is 0.480 e. The van der Waals surface area contributed by atoms with Gasteiger partial charge in [0.15, 0.2) is 0 Å². The van der Waals surface area contributed by atoms with Crippen molar-refractivity contribution < 1.29 is 19.5 Å². The highest BCUT2D eigenvalue weighted by Crippen LogP contribution is 2.40. The lowest BCUT2D eigenvalue weighted by molar-refractivity contribution is -0.149. The van der Waals surface area contributed by atoms with E-state index in [0.29, 0.717) is 31.7 Å². The Kier molecular flexibility index (Phi) is 4.87. The SMILES string of the molecule is O=C(NCCCC(=O)N1C(C(=O)O)CC2CCCCC21)C1CC1. The predicted molar refractivity (Wildman–Crippen MR) is 83.6 cm³/mol. The Balaban J connectivity index is 1.51. The first-order chi connectivity index (χ1) is 11.1. The zero-order valence-electron chi connectivity index (χ0n) is 13.5. The minimum atomic E-state index is -0.880. The number of nitrogens with one attached hydrogen (secondary N) is 1. The summed E-state index contributed by atoms with van der Waals surface area (Å²) >= 11 is 0. The molecule has 3 aliphatic rings. The third-order valence-electron chi connectivity index (χ3n) is 5.48. The summed E-state index contributed by atoms with van der Waals surface area (Å²) in [5.41, 5.74) is 0. The van der Waals surface area contributed by atoms with Crippen molar-refractivity contribution in [2.75, 3.05) is 6.54 Å². The van der Waals surface area contributed by atoms with E-state index in [0.717, 1.165) is 38.5 Å². The van der Waals surface area contributed by atoms with Gasteiger partial charge in [-0.3, -0.25) is 9.59 Å². The van der Waals surface area contributed by atoms with Crippen molar-refractivity contribution in [2.45, 2.75) is 69.9 Å². The van der Waals surface area contributed by atoms with Crippen molar-refractivity contribution in [2.24, 2.45) is 11.8 Å². The van der Waals surface area contributed by atoms with Gasteiger partial charge in [-0.05, 0) is 44.4 Å². The molecule has 2 N–H and O–H groups in total. The molecule has 1 aliphatic heterocycles. The van der Waals surface area contributed by atoms with Gasteiger partial charge in [-0.2, -0.15) is 0 Å². The van der Waals surface area contributed by atoms with Crippen LogP contribution >= 0.6 is 0 Å². The van der Waals surface area contributed by atoms with E-state index in [9.17, 15) is 19.5 Å². The molecule has 0 aromatic carbocycles. The lowest BCUT2D eigenvalue weighted by Crippen LogP contribution is -2.46. The number of carboxylic acids is 1. The van der Waals surface area contributed by atoms with E-state index < -0.39 is 12.0 Å². The summed E-state index contributed by atoms with van der Waals surface area (Å²) in [4.78, 5) is 37.3. The molecule has 1 saturated heterocycles. The van der Waals surface area contributed by atoms with Crippen molar-refractivity contribution in [3.63, 3.8) is 0 Å². The molecule has 1 heterocycles. The normalized spacial score (nSPS) is 29.9. The Labute approximate surface area is 136 Å². The number of amides is 2. The number of rotatable bonds is 6. The number of carbonyl (C=O) groups excluding carboxylic acids is 2. The predicted octanol–water partition coefficient (Wildman–Crippen LogP) is 1.54. The van der Waals surface area contributed by atoms with Gasteiger partial charge in [-0.25, -0.2) is 4.79 Å². The second kappa shape index (κ2) is 6.89. The Morgan fingerprint density at radius 3 is 2.52 bits per heavy atom. The molecule has 2 amide bonds. The Hall–Kier alpha value is -1.59. The first-order valence-corrected chi connectivity index (χ1v) is 8.89. The Bertz CT molecular complexity index is 489. The summed E-state index contributed by atoms with van der Waals surface area (Å²) in [6.07, 6.45) is 7.63. The van der Waals surface area contributed by atoms with Crippen LogP contribution in [0.4, 0.5) is 0 Å². The van der Waals surface area contributed by atoms with Gasteiger partial charge in [-0.1, -0.05) is 12.8 Å². The molecule has 0 radical (unpaired) electrons. The van der Waals surface area contributed by atoms with E-state index in [4.69, 9.17) is 0 Å². The van der Waals surface area contributed by atoms with E-state index in [1.165, 1.54) is 0 Å². The quantitative estimate of drug-likeness (QED) is 0.726. The van der Waals surface area contributed by atoms with Crippen molar-refractivity contribution in [1.82, 2.24) is 10.2 Å². The van der Waals surface area contributed by atoms with Crippen LogP contribution in [-0.2, 0) is 14.4 Å². The van der Waals surface area contributed by atoms with Gasteiger partial charge >= 0.3 is 5.97 Å². The van der Waals surface area contributed by atoms with E-state index in [2.05, 4.69) is 5.32 Å². The fraction of sp³-hybridized carbons (Fsp3) is 0.824. The first kappa shape index (κ1) is 16.3. The summed E-state index contributed by atoms with van der Waals surface area (Å²) in [7, 11) is 0. The number of hydrogen-bond acceptors (Lipinski definition) is 3. The molecular formula is C17H26N2O4. The minimum Gasteiger partial charge on any atom is -0.480 e. The van der Waals surface area contributed by atoms with Crippen LogP contribution in [0.25, 0.3) is 0 Å². The van der Waals surface area contributed by atoms with Gasteiger partial charge in [0.2, 0.25) is 11.8 Å². The van der Waals surface area contributed by atoms with Crippen LogP contribution in [0.15, 0.2) is 0 Å². The van der Waals surface area contributed by atoms with Gasteiger partial charge in [0, 0.05) is 24.9 Å². The van der Waals surface area contributed by atoms with Gasteiger partial charge in [0.05, 0.1) is 0 Å². The number of nitrogens with zero attached hydrogens (tertiary/aromatic N) is 1. The number of hydrogen-bond donors (Lipinski definition) is 2. The second-order valence-electron chi connectivity index (χ2n) is 7.17. The van der Waals surface area contributed by atoms with Crippen LogP contribution in [0.3, 0.4) is 0 Å². The molecular weight excluding hydrogens is 296 g/mol. The molecule has 2 saturated carbocycles. The summed E-state index contributed by atoms with van der Waals surface area (Å²) in [5.74, 6) is -0.316. The molecule has 0 aromatic rings. The highest BCUT2D eigenvalue weighted by molar-refractivity contribution is 5.85. The summed E-state index contributed by atoms with van der Waals surface area (Å²) in [6, 6.07) is -0.546. The lowest BCUT2D eigenvalue weighted by atomic mass is 9.84. The lowest BCUT2D eigenvalue weighted by Gasteiger charge is -2.33. The standard InChI is InChI=1S/C17H26N2O4/c20-15(6-3-9-18-16(21)11-7-8-11)19-13-5-2-1-4-12(13)10-14(19)17(22)23/h11-14H,1-10H2,(H,18,21)(H,22,23). The Morgan fingerprint density at radius 1 is 1.09 bits per heavy atom. The first-order valence-electron chi connectivity index (χ1n) is 8.89. The maximum Gasteiger partial charge on any atom is 0.326 e. The van der Waals surface area contributed by atoms with Crippen molar-refractivity contribution in [3.05, 3.63) is 0 Å². The van der Waals surface area contributed by atoms with Gasteiger partial charge < -0.3 is 15.3 Å². The average Bonchev–Trinajstić information content (AvgIpc) is 3.30. The smallest absolute Gasteiger partial charge is 0.326 e. The fourth-order valence-electron chi connectivity index (χ4n) is 4.11. The monoisotopic (exact) mass is 322 g/mol. The molecule has 3 atom stereocenters. The summed E-state index contributed by atoms with van der Waals surface area (Å²) in [6.45, 7) is 0.501. The second-order valence-corrected chi connectivity index (χ2v) is 7.17. The highest BCUT2D eigenvalue weighted by atomic mass is 16.4. The molecule has 0 bridgehead atoms. The van der Waals surface area contributed by atoms with Crippen LogP contribution in [-0.4, -0.2) is 46.4 Å². The van der Waals surface area contributed by atoms with E-state index in [1.54, 1.807) is 4.90 Å². The number of fused-ring (bicyclic) bond motifs is 1. The molecule has 23 heavy (non-hydrogen) atoms. The van der Waals surface area contributed by atoms with Crippen molar-refractivity contribution >= 4 is 17.8 Å². The van der Waals surface area contributed by atoms with Crippen LogP contribution in [0, 0.1) is 11.8 Å². The molecule has 3 unspecified atom stereocenters. The molecule has 3 fully saturated rings.